The molecule has 0 atom stereocenters. The maximum absolute atomic E-state index is 13.3. The van der Waals surface area contributed by atoms with Crippen LogP contribution in [0.2, 0.25) is 5.02 Å². The molecule has 162 valence electrons. The fraction of sp³-hybridized carbons (Fsp3) is 0.167. The first-order valence-electron chi connectivity index (χ1n) is 10.1. The Morgan fingerprint density at radius 2 is 1.59 bits per heavy atom. The molecule has 2 heterocycles. The maximum atomic E-state index is 13.3. The molecule has 0 aliphatic carbocycles. The van der Waals surface area contributed by atoms with Gasteiger partial charge in [0.1, 0.15) is 10.6 Å². The van der Waals surface area contributed by atoms with Crippen LogP contribution in [0.5, 0.6) is 0 Å². The largest absolute Gasteiger partial charge is 0.350 e. The molecule has 0 saturated heterocycles. The summed E-state index contributed by atoms with van der Waals surface area (Å²) in [4.78, 5) is 36.9. The van der Waals surface area contributed by atoms with Gasteiger partial charge in [-0.1, -0.05) is 41.9 Å². The molecule has 2 amide bonds. The summed E-state index contributed by atoms with van der Waals surface area (Å²) >= 11 is 7.08. The Kier molecular flexibility index (Phi) is 6.58. The molecule has 32 heavy (non-hydrogen) atoms. The van der Waals surface area contributed by atoms with Gasteiger partial charge in [-0.05, 0) is 67.9 Å². The third-order valence-electron chi connectivity index (χ3n) is 4.86. The van der Waals surface area contributed by atoms with Crippen LogP contribution in [0.15, 0.2) is 76.4 Å². The Hall–Kier alpha value is -3.16. The van der Waals surface area contributed by atoms with Crippen molar-refractivity contribution in [3.63, 3.8) is 0 Å². The number of carbonyl (C=O) groups excluding carboxylic acids is 2. The minimum atomic E-state index is -0.368. The third kappa shape index (κ3) is 5.00. The summed E-state index contributed by atoms with van der Waals surface area (Å²) < 4.78 is 0. The lowest BCUT2D eigenvalue weighted by Crippen LogP contribution is -2.34. The number of anilines is 1. The predicted molar refractivity (Wildman–Crippen MR) is 126 cm³/mol. The summed E-state index contributed by atoms with van der Waals surface area (Å²) in [6.07, 6.45) is 0.574. The van der Waals surface area contributed by atoms with Gasteiger partial charge in [0.25, 0.3) is 11.8 Å². The normalized spacial score (nSPS) is 13.8. The van der Waals surface area contributed by atoms with E-state index in [0.717, 1.165) is 28.7 Å². The quantitative estimate of drug-likeness (QED) is 0.401. The third-order valence-corrected chi connectivity index (χ3v) is 6.06. The van der Waals surface area contributed by atoms with E-state index in [-0.39, 0.29) is 29.0 Å². The summed E-state index contributed by atoms with van der Waals surface area (Å²) in [6.45, 7) is 4.02. The Labute approximate surface area is 195 Å². The van der Waals surface area contributed by atoms with Gasteiger partial charge in [-0.3, -0.25) is 14.5 Å². The molecule has 0 saturated carbocycles. The molecule has 0 spiro atoms. The number of amides is 2. The van der Waals surface area contributed by atoms with Crippen LogP contribution in [0.1, 0.15) is 17.0 Å². The van der Waals surface area contributed by atoms with Crippen molar-refractivity contribution in [2.24, 2.45) is 0 Å². The number of benzene rings is 2. The smallest absolute Gasteiger partial charge is 0.278 e. The van der Waals surface area contributed by atoms with Crippen molar-refractivity contribution in [2.45, 2.75) is 25.4 Å². The van der Waals surface area contributed by atoms with Gasteiger partial charge in [0.2, 0.25) is 0 Å². The van der Waals surface area contributed by atoms with Crippen molar-refractivity contribution in [1.82, 2.24) is 14.9 Å². The van der Waals surface area contributed by atoms with E-state index in [0.29, 0.717) is 22.3 Å². The van der Waals surface area contributed by atoms with Gasteiger partial charge in [0.15, 0.2) is 5.16 Å². The van der Waals surface area contributed by atoms with E-state index in [9.17, 15) is 9.59 Å². The minimum absolute atomic E-state index is 0.221. The first-order valence-corrected chi connectivity index (χ1v) is 11.3. The van der Waals surface area contributed by atoms with Crippen LogP contribution >= 0.6 is 23.4 Å². The van der Waals surface area contributed by atoms with Gasteiger partial charge >= 0.3 is 0 Å². The van der Waals surface area contributed by atoms with Gasteiger partial charge in [0.05, 0.1) is 0 Å². The number of nitrogens with zero attached hydrogens (tertiary/aromatic N) is 3. The molecule has 1 aromatic heterocycles. The highest BCUT2D eigenvalue weighted by Gasteiger charge is 2.39. The lowest BCUT2D eigenvalue weighted by molar-refractivity contribution is -0.137. The zero-order chi connectivity index (χ0) is 22.7. The second kappa shape index (κ2) is 9.54. The second-order valence-corrected chi connectivity index (χ2v) is 8.78. The van der Waals surface area contributed by atoms with Crippen molar-refractivity contribution >= 4 is 40.9 Å². The molecule has 0 radical (unpaired) electrons. The minimum Gasteiger partial charge on any atom is -0.350 e. The van der Waals surface area contributed by atoms with E-state index in [4.69, 9.17) is 11.6 Å². The monoisotopic (exact) mass is 464 g/mol. The Balaban J connectivity index is 1.63. The predicted octanol–water partition coefficient (Wildman–Crippen LogP) is 4.77. The molecule has 8 heteroatoms. The Morgan fingerprint density at radius 1 is 0.938 bits per heavy atom. The van der Waals surface area contributed by atoms with E-state index < -0.39 is 0 Å². The standard InChI is InChI=1S/C24H21ClN4O2S/c1-15-14-16(2)27-24(26-15)32-21-20(28-19-10-8-18(25)9-11-19)22(30)29(23(21)31)13-12-17-6-4-3-5-7-17/h3-11,14,28H,12-13H2,1-2H3. The van der Waals surface area contributed by atoms with E-state index in [1.54, 1.807) is 24.3 Å². The van der Waals surface area contributed by atoms with Gasteiger partial charge in [-0.2, -0.15) is 0 Å². The Morgan fingerprint density at radius 3 is 2.25 bits per heavy atom. The van der Waals surface area contributed by atoms with Crippen LogP contribution in [0.3, 0.4) is 0 Å². The zero-order valence-corrected chi connectivity index (χ0v) is 19.2. The first-order chi connectivity index (χ1) is 15.4. The van der Waals surface area contributed by atoms with Gasteiger partial charge in [0, 0.05) is 28.6 Å². The topological polar surface area (TPSA) is 75.2 Å². The number of imide groups is 1. The van der Waals surface area contributed by atoms with Gasteiger partial charge in [-0.25, -0.2) is 9.97 Å². The number of halogens is 1. The molecule has 4 rings (SSSR count). The number of aromatic nitrogens is 2. The molecule has 3 aromatic rings. The molecular formula is C24H21ClN4O2S. The molecule has 0 bridgehead atoms. The Bertz CT molecular complexity index is 1180. The lowest BCUT2D eigenvalue weighted by atomic mass is 10.1. The molecule has 1 N–H and O–H groups in total. The molecule has 1 aliphatic rings. The molecule has 1 aliphatic heterocycles. The van der Waals surface area contributed by atoms with E-state index >= 15 is 0 Å². The highest BCUT2D eigenvalue weighted by molar-refractivity contribution is 8.04. The fourth-order valence-corrected chi connectivity index (χ4v) is 4.48. The summed E-state index contributed by atoms with van der Waals surface area (Å²) in [6, 6.07) is 18.6. The lowest BCUT2D eigenvalue weighted by Gasteiger charge is -2.15. The number of carbonyl (C=O) groups is 2. The fourth-order valence-electron chi connectivity index (χ4n) is 3.36. The van der Waals surface area contributed by atoms with Crippen molar-refractivity contribution < 1.29 is 9.59 Å². The first kappa shape index (κ1) is 22.0. The van der Waals surface area contributed by atoms with Crippen LogP contribution in [0.25, 0.3) is 0 Å². The number of aryl methyl sites for hydroxylation is 2. The molecule has 6 nitrogen and oxygen atoms in total. The van der Waals surface area contributed by atoms with Crippen LogP contribution in [-0.2, 0) is 16.0 Å². The highest BCUT2D eigenvalue weighted by atomic mass is 35.5. The number of hydrogen-bond acceptors (Lipinski definition) is 6. The van der Waals surface area contributed by atoms with Crippen LogP contribution in [0, 0.1) is 13.8 Å². The van der Waals surface area contributed by atoms with Crippen molar-refractivity contribution in [2.75, 3.05) is 11.9 Å². The second-order valence-electron chi connectivity index (χ2n) is 7.37. The summed E-state index contributed by atoms with van der Waals surface area (Å²) in [5.74, 6) is -0.720. The molecule has 2 aromatic carbocycles. The number of nitrogens with one attached hydrogen (secondary N) is 1. The van der Waals surface area contributed by atoms with Gasteiger partial charge in [-0.15, -0.1) is 0 Å². The van der Waals surface area contributed by atoms with E-state index in [1.165, 1.54) is 4.90 Å². The zero-order valence-electron chi connectivity index (χ0n) is 17.6. The van der Waals surface area contributed by atoms with Crippen molar-refractivity contribution in [1.29, 1.82) is 0 Å². The maximum Gasteiger partial charge on any atom is 0.278 e. The summed E-state index contributed by atoms with van der Waals surface area (Å²) in [5.41, 5.74) is 3.53. The van der Waals surface area contributed by atoms with E-state index in [2.05, 4.69) is 15.3 Å². The van der Waals surface area contributed by atoms with E-state index in [1.807, 2.05) is 50.2 Å². The molecule has 0 unspecified atom stereocenters. The molecular weight excluding hydrogens is 444 g/mol. The average Bonchev–Trinajstić information content (AvgIpc) is 2.97. The summed E-state index contributed by atoms with van der Waals surface area (Å²) in [5, 5.41) is 4.12. The number of hydrogen-bond donors (Lipinski definition) is 1. The number of thioether (sulfide) groups is 1. The van der Waals surface area contributed by atoms with Crippen LogP contribution in [0.4, 0.5) is 5.69 Å². The highest BCUT2D eigenvalue weighted by Crippen LogP contribution is 2.34. The van der Waals surface area contributed by atoms with Crippen LogP contribution < -0.4 is 5.32 Å². The van der Waals surface area contributed by atoms with Crippen molar-refractivity contribution in [3.8, 4) is 0 Å². The van der Waals surface area contributed by atoms with Crippen molar-refractivity contribution in [3.05, 3.63) is 93.2 Å². The number of rotatable bonds is 7. The van der Waals surface area contributed by atoms with Gasteiger partial charge < -0.3 is 5.32 Å². The molecule has 0 fully saturated rings. The average molecular weight is 465 g/mol. The van der Waals surface area contributed by atoms with Crippen LogP contribution in [-0.4, -0.2) is 33.2 Å². The summed E-state index contributed by atoms with van der Waals surface area (Å²) in [7, 11) is 0. The SMILES string of the molecule is Cc1cc(C)nc(SC2=C(Nc3ccc(Cl)cc3)C(=O)N(CCc3ccccc3)C2=O)n1.